The molecule has 5 aliphatic rings. The van der Waals surface area contributed by atoms with E-state index in [1.807, 2.05) is 13.8 Å². The molecule has 0 amide bonds. The first kappa shape index (κ1) is 101. The SMILES string of the molecule is CC1C(C)C(C(F)(F)F)C(C)C1C(F)(F)F.CC1C(F)(F)C(C)(F)C(F)(F)C1(F)F.CC1C(F)C(C)C(F)C1F.CC1CC(C)C(C(F)(F)F)C1.CC1CCC(C(F)(F)F)C1C.CCC(C)(C(F)(F)F)C(F)(F)F.CCC(C)(C)C.CCC(C)(C)C(F)(F)F.CCC(F)(F)C(C)C. The molecule has 5 fully saturated rings. The molecular formula is C64H103F33. The van der Waals surface area contributed by atoms with Crippen molar-refractivity contribution in [2.45, 2.75) is 302 Å². The van der Waals surface area contributed by atoms with Gasteiger partial charge in [-0.05, 0) is 99.2 Å². The Hall–Kier alpha value is -2.31. The zero-order valence-corrected chi connectivity index (χ0v) is 59.0. The molecule has 590 valence electrons. The van der Waals surface area contributed by atoms with Crippen LogP contribution in [0.25, 0.3) is 0 Å². The normalized spacial score (nSPS) is 32.8. The lowest BCUT2D eigenvalue weighted by atomic mass is 9.86. The Morgan fingerprint density at radius 2 is 0.711 bits per heavy atom. The van der Waals surface area contributed by atoms with E-state index < -0.39 is 173 Å². The molecule has 0 aromatic rings. The van der Waals surface area contributed by atoms with Crippen molar-refractivity contribution in [2.24, 2.45) is 105 Å². The lowest BCUT2D eigenvalue weighted by molar-refractivity contribution is -0.335. The summed E-state index contributed by atoms with van der Waals surface area (Å²) in [5.41, 5.74) is -9.09. The molecule has 16 atom stereocenters. The van der Waals surface area contributed by atoms with E-state index in [1.54, 1.807) is 13.8 Å². The van der Waals surface area contributed by atoms with Crippen LogP contribution in [-0.2, 0) is 0 Å². The van der Waals surface area contributed by atoms with Gasteiger partial charge < -0.3 is 0 Å². The number of hydrogen-bond donors (Lipinski definition) is 0. The smallest absolute Gasteiger partial charge is 0.247 e. The second-order valence-corrected chi connectivity index (χ2v) is 29.2. The van der Waals surface area contributed by atoms with Crippen molar-refractivity contribution in [3.63, 3.8) is 0 Å². The molecule has 0 bridgehead atoms. The van der Waals surface area contributed by atoms with E-state index in [1.165, 1.54) is 75.7 Å². The van der Waals surface area contributed by atoms with Gasteiger partial charge in [0.2, 0.25) is 11.6 Å². The molecule has 5 saturated carbocycles. The van der Waals surface area contributed by atoms with Crippen molar-refractivity contribution in [2.75, 3.05) is 0 Å². The van der Waals surface area contributed by atoms with Gasteiger partial charge in [0.25, 0.3) is 5.92 Å². The summed E-state index contributed by atoms with van der Waals surface area (Å²) in [6.07, 6.45) is -33.6. The van der Waals surface area contributed by atoms with Crippen LogP contribution in [0.15, 0.2) is 0 Å². The summed E-state index contributed by atoms with van der Waals surface area (Å²) in [6, 6.07) is 0. The highest BCUT2D eigenvalue weighted by Gasteiger charge is 2.88. The molecule has 0 aliphatic heterocycles. The molecule has 0 saturated heterocycles. The summed E-state index contributed by atoms with van der Waals surface area (Å²) in [4.78, 5) is 0. The van der Waals surface area contributed by atoms with Crippen molar-refractivity contribution >= 4 is 0 Å². The van der Waals surface area contributed by atoms with Gasteiger partial charge in [0.1, 0.15) is 18.5 Å². The van der Waals surface area contributed by atoms with Crippen LogP contribution >= 0.6 is 0 Å². The summed E-state index contributed by atoms with van der Waals surface area (Å²) >= 11 is 0. The zero-order chi connectivity index (χ0) is 79.5. The van der Waals surface area contributed by atoms with Crippen molar-refractivity contribution in [3.8, 4) is 0 Å². The van der Waals surface area contributed by atoms with Crippen LogP contribution in [0.3, 0.4) is 0 Å². The summed E-state index contributed by atoms with van der Waals surface area (Å²) in [5.74, 6) is -31.7. The maximum atomic E-state index is 12.9. The topological polar surface area (TPSA) is 0 Å². The minimum atomic E-state index is -5.36. The van der Waals surface area contributed by atoms with Crippen LogP contribution in [0.4, 0.5) is 145 Å². The largest absolute Gasteiger partial charge is 0.402 e. The Bertz CT molecular complexity index is 2070. The molecule has 33 heteroatoms. The van der Waals surface area contributed by atoms with Crippen LogP contribution < -0.4 is 0 Å². The average Bonchev–Trinajstić information content (AvgIpc) is 1.54. The van der Waals surface area contributed by atoms with Gasteiger partial charge >= 0.3 is 55.1 Å². The molecule has 0 radical (unpaired) electrons. The molecular weight excluding hydrogens is 1400 g/mol. The fourth-order valence-corrected chi connectivity index (χ4v) is 10.9. The van der Waals surface area contributed by atoms with Gasteiger partial charge in [-0.1, -0.05) is 152 Å². The minimum Gasteiger partial charge on any atom is -0.247 e. The van der Waals surface area contributed by atoms with Crippen LogP contribution in [0.2, 0.25) is 0 Å². The Morgan fingerprint density at radius 3 is 0.794 bits per heavy atom. The summed E-state index contributed by atoms with van der Waals surface area (Å²) < 4.78 is 407. The van der Waals surface area contributed by atoms with E-state index in [9.17, 15) is 145 Å². The number of halogens is 33. The lowest BCUT2D eigenvalue weighted by Crippen LogP contribution is -2.52. The fourth-order valence-electron chi connectivity index (χ4n) is 10.9. The van der Waals surface area contributed by atoms with Crippen LogP contribution in [0, 0.1) is 105 Å². The Morgan fingerprint density at radius 1 is 0.371 bits per heavy atom. The fraction of sp³-hybridized carbons (Fsp3) is 1.00. The molecule has 0 nitrogen and oxygen atoms in total. The quantitative estimate of drug-likeness (QED) is 0.246. The van der Waals surface area contributed by atoms with Crippen molar-refractivity contribution in [1.29, 1.82) is 0 Å². The Balaban J connectivity index is -0.000000507. The molecule has 0 aromatic heterocycles. The molecule has 16 unspecified atom stereocenters. The van der Waals surface area contributed by atoms with E-state index in [0.717, 1.165) is 26.7 Å². The molecule has 5 rings (SSSR count). The van der Waals surface area contributed by atoms with Crippen molar-refractivity contribution in [3.05, 3.63) is 0 Å². The second kappa shape index (κ2) is 35.9. The molecule has 97 heavy (non-hydrogen) atoms. The first-order valence-electron chi connectivity index (χ1n) is 31.8. The van der Waals surface area contributed by atoms with Gasteiger partial charge in [0.05, 0.1) is 35.0 Å². The summed E-state index contributed by atoms with van der Waals surface area (Å²) in [6.45, 7) is 32.0. The van der Waals surface area contributed by atoms with Gasteiger partial charge in [-0.2, -0.15) is 110 Å². The van der Waals surface area contributed by atoms with Crippen LogP contribution in [-0.4, -0.2) is 91.1 Å². The molecule has 5 aliphatic carbocycles. The predicted octanol–water partition coefficient (Wildman–Crippen LogP) is 27.9. The van der Waals surface area contributed by atoms with Gasteiger partial charge in [-0.15, -0.1) is 0 Å². The highest BCUT2D eigenvalue weighted by atomic mass is 19.4. The van der Waals surface area contributed by atoms with Gasteiger partial charge in [-0.25, -0.2) is 35.1 Å². The molecule has 0 heterocycles. The van der Waals surface area contributed by atoms with E-state index in [-0.39, 0.29) is 57.3 Å². The first-order chi connectivity index (χ1) is 42.2. The molecule has 0 N–H and O–H groups in total. The third-order valence-electron chi connectivity index (χ3n) is 20.3. The van der Waals surface area contributed by atoms with Crippen molar-refractivity contribution < 1.29 is 145 Å². The van der Waals surface area contributed by atoms with Gasteiger partial charge in [0, 0.05) is 24.2 Å². The zero-order valence-electron chi connectivity index (χ0n) is 59.0. The summed E-state index contributed by atoms with van der Waals surface area (Å²) in [5, 5.41) is 0. The summed E-state index contributed by atoms with van der Waals surface area (Å²) in [7, 11) is 0. The highest BCUT2D eigenvalue weighted by Crippen LogP contribution is 2.65. The maximum absolute atomic E-state index is 12.9. The first-order valence-corrected chi connectivity index (χ1v) is 31.8. The van der Waals surface area contributed by atoms with E-state index in [2.05, 4.69) is 27.7 Å². The van der Waals surface area contributed by atoms with E-state index in [0.29, 0.717) is 18.3 Å². The van der Waals surface area contributed by atoms with Crippen LogP contribution in [0.1, 0.15) is 211 Å². The van der Waals surface area contributed by atoms with Gasteiger partial charge in [0.15, 0.2) is 5.41 Å². The van der Waals surface area contributed by atoms with E-state index in [4.69, 9.17) is 0 Å². The van der Waals surface area contributed by atoms with Gasteiger partial charge in [-0.3, -0.25) is 0 Å². The number of rotatable bonds is 4. The number of alkyl halides is 33. The molecule has 0 spiro atoms. The highest BCUT2D eigenvalue weighted by molar-refractivity contribution is 5.19. The standard InChI is InChI=1S/C10H14F6.2C8H13F3.C7H7F7.C7H11F3.C6H8F6.C6H11F3.C6H12F2.C6H14/c1-4-5(2)8(10(14,15)16)6(3)7(4)9(11,12)13;1-5-3-6(2)7(4-5)8(9,10)11;1-5-3-4-7(6(5)2)8(9,10)11;1-3-5(9,10)4(2,8)7(13,14)6(3,11)12;1-3-5(8)4(2)7(10)6(3)9;1-3-4(2,5(7,8)9)6(10,11)12;1-4-5(2,3)6(7,8)9;1-4-6(7,8)5(2)3;1-5-6(2,3)4/h4-8H,1-3H3;2*5-7H,3-4H2,1-2H3;3H,1-2H3;3-7H,1-2H3;3H2,1-2H3;4H2,1-3H3;5H,4H2,1-3H3;5H2,1-4H3. The Labute approximate surface area is 550 Å². The monoisotopic (exact) mass is 1500 g/mol. The average molecular weight is 1500 g/mol. The van der Waals surface area contributed by atoms with Crippen molar-refractivity contribution in [1.82, 2.24) is 0 Å². The third-order valence-corrected chi connectivity index (χ3v) is 20.3. The predicted molar refractivity (Wildman–Crippen MR) is 308 cm³/mol. The minimum absolute atomic E-state index is 0.0509. The second-order valence-electron chi connectivity index (χ2n) is 29.2. The lowest BCUT2D eigenvalue weighted by Gasteiger charge is -2.32. The van der Waals surface area contributed by atoms with Crippen LogP contribution in [0.5, 0.6) is 0 Å². The Kier molecular flexibility index (Phi) is 37.4. The molecule has 0 aromatic carbocycles. The third kappa shape index (κ3) is 27.0. The van der Waals surface area contributed by atoms with E-state index >= 15 is 0 Å². The maximum Gasteiger partial charge on any atom is 0.402 e. The number of hydrogen-bond acceptors (Lipinski definition) is 0.